The molecule has 3 rings (SSSR count). The zero-order valence-electron chi connectivity index (χ0n) is 15.6. The third-order valence-corrected chi connectivity index (χ3v) is 4.80. The van der Waals surface area contributed by atoms with Gasteiger partial charge in [0.05, 0.1) is 12.8 Å². The van der Waals surface area contributed by atoms with Crippen LogP contribution in [0.25, 0.3) is 0 Å². The summed E-state index contributed by atoms with van der Waals surface area (Å²) in [6.07, 6.45) is 0. The van der Waals surface area contributed by atoms with Crippen molar-refractivity contribution in [2.45, 2.75) is 26.9 Å². The van der Waals surface area contributed by atoms with E-state index in [2.05, 4.69) is 15.4 Å². The van der Waals surface area contributed by atoms with E-state index in [9.17, 15) is 4.79 Å². The van der Waals surface area contributed by atoms with E-state index in [-0.39, 0.29) is 6.03 Å². The Morgan fingerprint density at radius 1 is 1.27 bits per heavy atom. The van der Waals surface area contributed by atoms with Gasteiger partial charge in [-0.25, -0.2) is 4.79 Å². The minimum Gasteiger partial charge on any atom is -0.497 e. The van der Waals surface area contributed by atoms with E-state index in [0.29, 0.717) is 19.6 Å². The van der Waals surface area contributed by atoms with Crippen molar-refractivity contribution in [3.8, 4) is 5.75 Å². The minimum absolute atomic E-state index is 0.0233. The van der Waals surface area contributed by atoms with Crippen molar-refractivity contribution in [2.75, 3.05) is 33.3 Å². The van der Waals surface area contributed by atoms with Gasteiger partial charge in [0.1, 0.15) is 11.5 Å². The zero-order valence-corrected chi connectivity index (χ0v) is 15.6. The number of nitrogens with one attached hydrogen (secondary N) is 1. The maximum absolute atomic E-state index is 12.4. The van der Waals surface area contributed by atoms with Crippen LogP contribution in [-0.4, -0.2) is 54.3 Å². The van der Waals surface area contributed by atoms with Crippen LogP contribution in [0.1, 0.15) is 22.6 Å². The fourth-order valence-electron chi connectivity index (χ4n) is 3.13. The number of aryl methyl sites for hydroxylation is 2. The first-order valence-electron chi connectivity index (χ1n) is 8.86. The highest BCUT2D eigenvalue weighted by Gasteiger charge is 2.22. The smallest absolute Gasteiger partial charge is 0.317 e. The topological polar surface area (TPSA) is 70.8 Å². The predicted molar refractivity (Wildman–Crippen MR) is 98.1 cm³/mol. The number of carbonyl (C=O) groups excluding carboxylic acids is 1. The summed E-state index contributed by atoms with van der Waals surface area (Å²) in [7, 11) is 1.64. The van der Waals surface area contributed by atoms with Gasteiger partial charge >= 0.3 is 6.03 Å². The van der Waals surface area contributed by atoms with E-state index in [1.807, 2.05) is 43.0 Å². The number of rotatable bonds is 5. The molecule has 1 aromatic carbocycles. The van der Waals surface area contributed by atoms with Crippen molar-refractivity contribution >= 4 is 6.03 Å². The molecule has 0 bridgehead atoms. The van der Waals surface area contributed by atoms with E-state index in [1.54, 1.807) is 7.11 Å². The van der Waals surface area contributed by atoms with Crippen LogP contribution in [0, 0.1) is 13.8 Å². The van der Waals surface area contributed by atoms with Crippen molar-refractivity contribution < 1.29 is 14.1 Å². The van der Waals surface area contributed by atoms with Gasteiger partial charge in [-0.15, -0.1) is 0 Å². The second-order valence-corrected chi connectivity index (χ2v) is 6.58. The second kappa shape index (κ2) is 8.23. The SMILES string of the molecule is COc1cccc(CNC(=O)N2CCN(Cc3c(C)noc3C)CC2)c1. The molecule has 1 aliphatic rings. The fourth-order valence-corrected chi connectivity index (χ4v) is 3.13. The maximum atomic E-state index is 12.4. The van der Waals surface area contributed by atoms with Crippen LogP contribution >= 0.6 is 0 Å². The molecule has 1 N–H and O–H groups in total. The Bertz CT molecular complexity index is 731. The first-order chi connectivity index (χ1) is 12.6. The Kier molecular flexibility index (Phi) is 5.78. The van der Waals surface area contributed by atoms with E-state index in [0.717, 1.165) is 48.0 Å². The van der Waals surface area contributed by atoms with Gasteiger partial charge < -0.3 is 19.5 Å². The largest absolute Gasteiger partial charge is 0.497 e. The highest BCUT2D eigenvalue weighted by Crippen LogP contribution is 2.16. The van der Waals surface area contributed by atoms with Crippen LogP contribution < -0.4 is 10.1 Å². The number of ether oxygens (including phenoxy) is 1. The van der Waals surface area contributed by atoms with Gasteiger partial charge in [0, 0.05) is 44.8 Å². The molecule has 0 unspecified atom stereocenters. The van der Waals surface area contributed by atoms with Gasteiger partial charge in [-0.3, -0.25) is 4.90 Å². The third kappa shape index (κ3) is 4.35. The van der Waals surface area contributed by atoms with Crippen LogP contribution in [0.5, 0.6) is 5.75 Å². The number of carbonyl (C=O) groups is 1. The average molecular weight is 358 g/mol. The maximum Gasteiger partial charge on any atom is 0.317 e. The Balaban J connectivity index is 1.46. The number of piperazine rings is 1. The van der Waals surface area contributed by atoms with Crippen LogP contribution in [0.15, 0.2) is 28.8 Å². The Morgan fingerprint density at radius 2 is 2.04 bits per heavy atom. The molecule has 7 nitrogen and oxygen atoms in total. The number of aromatic nitrogens is 1. The number of urea groups is 1. The highest BCUT2D eigenvalue weighted by atomic mass is 16.5. The van der Waals surface area contributed by atoms with E-state index in [1.165, 1.54) is 0 Å². The number of hydrogen-bond acceptors (Lipinski definition) is 5. The standard InChI is InChI=1S/C19H26N4O3/c1-14-18(15(2)26-21-14)13-22-7-9-23(10-8-22)19(24)20-12-16-5-4-6-17(11-16)25-3/h4-6,11H,7-10,12-13H2,1-3H3,(H,20,24). The minimum atomic E-state index is -0.0233. The summed E-state index contributed by atoms with van der Waals surface area (Å²) in [6.45, 7) is 8.34. The quantitative estimate of drug-likeness (QED) is 0.888. The van der Waals surface area contributed by atoms with E-state index in [4.69, 9.17) is 9.26 Å². The fraction of sp³-hybridized carbons (Fsp3) is 0.474. The molecule has 0 spiro atoms. The summed E-state index contributed by atoms with van der Waals surface area (Å²) < 4.78 is 10.4. The summed E-state index contributed by atoms with van der Waals surface area (Å²) in [5, 5.41) is 6.99. The lowest BCUT2D eigenvalue weighted by molar-refractivity contribution is 0.134. The lowest BCUT2D eigenvalue weighted by Gasteiger charge is -2.34. The Morgan fingerprint density at radius 3 is 2.69 bits per heavy atom. The molecular weight excluding hydrogens is 332 g/mol. The molecule has 0 radical (unpaired) electrons. The van der Waals surface area contributed by atoms with Crippen molar-refractivity contribution in [1.82, 2.24) is 20.3 Å². The molecule has 2 heterocycles. The summed E-state index contributed by atoms with van der Waals surface area (Å²) in [6, 6.07) is 7.70. The molecule has 140 valence electrons. The molecule has 0 aliphatic carbocycles. The summed E-state index contributed by atoms with van der Waals surface area (Å²) >= 11 is 0. The van der Waals surface area contributed by atoms with Gasteiger partial charge in [-0.2, -0.15) is 0 Å². The normalized spacial score (nSPS) is 15.1. The first kappa shape index (κ1) is 18.3. The van der Waals surface area contributed by atoms with Crippen LogP contribution in [0.4, 0.5) is 4.79 Å². The molecule has 0 saturated carbocycles. The molecule has 1 saturated heterocycles. The molecule has 26 heavy (non-hydrogen) atoms. The molecule has 1 aliphatic heterocycles. The Labute approximate surface area is 153 Å². The lowest BCUT2D eigenvalue weighted by Crippen LogP contribution is -2.51. The van der Waals surface area contributed by atoms with Crippen molar-refractivity contribution in [3.05, 3.63) is 46.8 Å². The van der Waals surface area contributed by atoms with Gasteiger partial charge in [0.25, 0.3) is 0 Å². The number of nitrogens with zero attached hydrogens (tertiary/aromatic N) is 3. The van der Waals surface area contributed by atoms with Crippen LogP contribution in [0.2, 0.25) is 0 Å². The van der Waals surface area contributed by atoms with Crippen molar-refractivity contribution in [2.24, 2.45) is 0 Å². The van der Waals surface area contributed by atoms with Gasteiger partial charge in [0.2, 0.25) is 0 Å². The number of hydrogen-bond donors (Lipinski definition) is 1. The predicted octanol–water partition coefficient (Wildman–Crippen LogP) is 2.33. The van der Waals surface area contributed by atoms with Crippen LogP contribution in [0.3, 0.4) is 0 Å². The molecule has 2 amide bonds. The van der Waals surface area contributed by atoms with Crippen LogP contribution in [-0.2, 0) is 13.1 Å². The van der Waals surface area contributed by atoms with Gasteiger partial charge in [0.15, 0.2) is 0 Å². The first-order valence-corrected chi connectivity index (χ1v) is 8.86. The highest BCUT2D eigenvalue weighted by molar-refractivity contribution is 5.74. The molecule has 1 fully saturated rings. The van der Waals surface area contributed by atoms with Crippen molar-refractivity contribution in [1.29, 1.82) is 0 Å². The zero-order chi connectivity index (χ0) is 18.5. The summed E-state index contributed by atoms with van der Waals surface area (Å²) in [5.41, 5.74) is 3.12. The molecule has 1 aromatic heterocycles. The third-order valence-electron chi connectivity index (χ3n) is 4.80. The van der Waals surface area contributed by atoms with Gasteiger partial charge in [-0.1, -0.05) is 17.3 Å². The average Bonchev–Trinajstić information content (AvgIpc) is 2.99. The molecule has 7 heteroatoms. The van der Waals surface area contributed by atoms with E-state index < -0.39 is 0 Å². The number of benzene rings is 1. The Hall–Kier alpha value is -2.54. The molecule has 0 atom stereocenters. The van der Waals surface area contributed by atoms with E-state index >= 15 is 0 Å². The molecule has 2 aromatic rings. The van der Waals surface area contributed by atoms with Crippen molar-refractivity contribution in [3.63, 3.8) is 0 Å². The summed E-state index contributed by atoms with van der Waals surface area (Å²) in [5.74, 6) is 1.67. The monoisotopic (exact) mass is 358 g/mol. The number of amides is 2. The second-order valence-electron chi connectivity index (χ2n) is 6.58. The number of methoxy groups -OCH3 is 1. The van der Waals surface area contributed by atoms with Gasteiger partial charge in [-0.05, 0) is 31.5 Å². The molecular formula is C19H26N4O3. The lowest BCUT2D eigenvalue weighted by atomic mass is 10.2. The summed E-state index contributed by atoms with van der Waals surface area (Å²) in [4.78, 5) is 16.6.